The van der Waals surface area contributed by atoms with E-state index in [1.54, 1.807) is 7.11 Å². The number of hydrogen-bond acceptors (Lipinski definition) is 3. The van der Waals surface area contributed by atoms with Gasteiger partial charge < -0.3 is 9.84 Å². The van der Waals surface area contributed by atoms with Crippen LogP contribution in [0.2, 0.25) is 0 Å². The van der Waals surface area contributed by atoms with Crippen molar-refractivity contribution in [1.82, 2.24) is 4.90 Å². The molecule has 4 aromatic carbocycles. The fourth-order valence-electron chi connectivity index (χ4n) is 5.23. The van der Waals surface area contributed by atoms with Crippen molar-refractivity contribution < 1.29 is 14.6 Å². The Balaban J connectivity index is 1.89. The first-order valence-electron chi connectivity index (χ1n) is 12.7. The topological polar surface area (TPSA) is 49.8 Å². The van der Waals surface area contributed by atoms with Crippen LogP contribution in [0.3, 0.4) is 0 Å². The predicted octanol–water partition coefficient (Wildman–Crippen LogP) is 7.76. The van der Waals surface area contributed by atoms with Gasteiger partial charge in [-0.2, -0.15) is 0 Å². The van der Waals surface area contributed by atoms with Crippen molar-refractivity contribution in [1.29, 1.82) is 0 Å². The maximum absolute atomic E-state index is 12.3. The van der Waals surface area contributed by atoms with Crippen molar-refractivity contribution >= 4 is 5.97 Å². The highest BCUT2D eigenvalue weighted by Gasteiger charge is 2.31. The van der Waals surface area contributed by atoms with Gasteiger partial charge in [-0.15, -0.1) is 0 Å². The molecule has 4 nitrogen and oxygen atoms in total. The molecule has 0 unspecified atom stereocenters. The highest BCUT2D eigenvalue weighted by Crippen LogP contribution is 2.41. The molecule has 4 rings (SSSR count). The SMILES string of the molecule is COc1ccc(-c2c(C)cccc2C)cc1[C@H](CC(=O)O)N(Cc1ccccc1)[C@H](C)c1ccccc1. The van der Waals surface area contributed by atoms with E-state index >= 15 is 0 Å². The van der Waals surface area contributed by atoms with Gasteiger partial charge in [0.05, 0.1) is 13.5 Å². The maximum Gasteiger partial charge on any atom is 0.305 e. The predicted molar refractivity (Wildman–Crippen MR) is 150 cm³/mol. The molecule has 0 radical (unpaired) electrons. The summed E-state index contributed by atoms with van der Waals surface area (Å²) in [5.74, 6) is -0.151. The van der Waals surface area contributed by atoms with E-state index in [-0.39, 0.29) is 12.5 Å². The zero-order chi connectivity index (χ0) is 26.4. The summed E-state index contributed by atoms with van der Waals surface area (Å²) < 4.78 is 5.83. The van der Waals surface area contributed by atoms with Gasteiger partial charge in [0.1, 0.15) is 5.75 Å². The van der Waals surface area contributed by atoms with Crippen LogP contribution in [0.15, 0.2) is 97.1 Å². The molecule has 4 aromatic rings. The number of hydrogen-bond donors (Lipinski definition) is 1. The minimum Gasteiger partial charge on any atom is -0.496 e. The van der Waals surface area contributed by atoms with E-state index in [0.29, 0.717) is 12.3 Å². The average Bonchev–Trinajstić information content (AvgIpc) is 2.91. The molecule has 37 heavy (non-hydrogen) atoms. The zero-order valence-electron chi connectivity index (χ0n) is 22.0. The molecular weight excluding hydrogens is 458 g/mol. The van der Waals surface area contributed by atoms with Gasteiger partial charge in [-0.05, 0) is 66.3 Å². The summed E-state index contributed by atoms with van der Waals surface area (Å²) in [4.78, 5) is 14.6. The Morgan fingerprint density at radius 3 is 2.08 bits per heavy atom. The van der Waals surface area contributed by atoms with E-state index in [2.05, 4.69) is 80.3 Å². The molecule has 0 spiro atoms. The van der Waals surface area contributed by atoms with Crippen molar-refractivity contribution in [2.24, 2.45) is 0 Å². The summed E-state index contributed by atoms with van der Waals surface area (Å²) in [7, 11) is 1.65. The molecule has 0 saturated heterocycles. The normalized spacial score (nSPS) is 12.8. The average molecular weight is 494 g/mol. The number of aryl methyl sites for hydroxylation is 2. The third kappa shape index (κ3) is 6.10. The fraction of sp³-hybridized carbons (Fsp3) is 0.242. The van der Waals surface area contributed by atoms with Crippen molar-refractivity contribution in [3.05, 3.63) is 125 Å². The molecule has 0 heterocycles. The molecule has 0 aromatic heterocycles. The molecule has 0 saturated carbocycles. The molecule has 1 N–H and O–H groups in total. The molecule has 4 heteroatoms. The van der Waals surface area contributed by atoms with Crippen LogP contribution < -0.4 is 4.74 Å². The highest BCUT2D eigenvalue weighted by atomic mass is 16.5. The number of benzene rings is 4. The third-order valence-corrected chi connectivity index (χ3v) is 7.11. The van der Waals surface area contributed by atoms with Gasteiger partial charge in [-0.1, -0.05) is 84.9 Å². The van der Waals surface area contributed by atoms with Crippen molar-refractivity contribution in [2.75, 3.05) is 7.11 Å². The Hall–Kier alpha value is -3.89. The number of aliphatic carboxylic acids is 1. The first-order chi connectivity index (χ1) is 17.9. The Labute approximate surface area is 220 Å². The van der Waals surface area contributed by atoms with Gasteiger partial charge in [-0.3, -0.25) is 9.69 Å². The number of carboxylic acids is 1. The zero-order valence-corrected chi connectivity index (χ0v) is 22.0. The van der Waals surface area contributed by atoms with Crippen molar-refractivity contribution in [3.63, 3.8) is 0 Å². The summed E-state index contributed by atoms with van der Waals surface area (Å²) in [5.41, 5.74) is 7.75. The van der Waals surface area contributed by atoms with Crippen LogP contribution in [0.4, 0.5) is 0 Å². The van der Waals surface area contributed by atoms with E-state index in [9.17, 15) is 9.90 Å². The number of carbonyl (C=O) groups is 1. The lowest BCUT2D eigenvalue weighted by atomic mass is 9.90. The maximum atomic E-state index is 12.3. The van der Waals surface area contributed by atoms with Crippen molar-refractivity contribution in [3.8, 4) is 16.9 Å². The Bertz CT molecular complexity index is 1310. The highest BCUT2D eigenvalue weighted by molar-refractivity contribution is 5.73. The van der Waals surface area contributed by atoms with Gasteiger partial charge in [0.2, 0.25) is 0 Å². The molecule has 0 aliphatic carbocycles. The molecule has 0 amide bonds. The van der Waals surface area contributed by atoms with E-state index in [0.717, 1.165) is 22.3 Å². The van der Waals surface area contributed by atoms with Gasteiger partial charge in [0.25, 0.3) is 0 Å². The number of methoxy groups -OCH3 is 1. The second-order valence-electron chi connectivity index (χ2n) is 9.58. The smallest absolute Gasteiger partial charge is 0.305 e. The number of rotatable bonds is 10. The summed E-state index contributed by atoms with van der Waals surface area (Å²) in [6.45, 7) is 6.97. The van der Waals surface area contributed by atoms with E-state index in [1.807, 2.05) is 42.5 Å². The van der Waals surface area contributed by atoms with Gasteiger partial charge in [0, 0.05) is 24.2 Å². The third-order valence-electron chi connectivity index (χ3n) is 7.11. The monoisotopic (exact) mass is 493 g/mol. The lowest BCUT2D eigenvalue weighted by Crippen LogP contribution is -2.33. The molecule has 2 atom stereocenters. The van der Waals surface area contributed by atoms with Crippen LogP contribution >= 0.6 is 0 Å². The number of nitrogens with zero attached hydrogens (tertiary/aromatic N) is 1. The first kappa shape index (κ1) is 26.2. The molecular formula is C33H35NO3. The van der Waals surface area contributed by atoms with Crippen LogP contribution in [0.1, 0.15) is 53.2 Å². The largest absolute Gasteiger partial charge is 0.496 e. The molecule has 0 aliphatic rings. The van der Waals surface area contributed by atoms with E-state index in [4.69, 9.17) is 4.74 Å². The summed E-state index contributed by atoms with van der Waals surface area (Å²) >= 11 is 0. The van der Waals surface area contributed by atoms with Crippen LogP contribution in [0.25, 0.3) is 11.1 Å². The van der Waals surface area contributed by atoms with Crippen LogP contribution in [0, 0.1) is 13.8 Å². The molecule has 0 aliphatic heterocycles. The second kappa shape index (κ2) is 11.9. The summed E-state index contributed by atoms with van der Waals surface area (Å²) in [5, 5.41) is 10.1. The van der Waals surface area contributed by atoms with E-state index in [1.165, 1.54) is 16.7 Å². The number of carboxylic acid groups (broad SMARTS) is 1. The van der Waals surface area contributed by atoms with Crippen LogP contribution in [0.5, 0.6) is 5.75 Å². The first-order valence-corrected chi connectivity index (χ1v) is 12.7. The second-order valence-corrected chi connectivity index (χ2v) is 9.58. The lowest BCUT2D eigenvalue weighted by molar-refractivity contribution is -0.138. The minimum atomic E-state index is -0.845. The Morgan fingerprint density at radius 2 is 1.49 bits per heavy atom. The van der Waals surface area contributed by atoms with Gasteiger partial charge in [0.15, 0.2) is 0 Å². The Kier molecular flexibility index (Phi) is 8.42. The van der Waals surface area contributed by atoms with E-state index < -0.39 is 12.0 Å². The van der Waals surface area contributed by atoms with Gasteiger partial charge >= 0.3 is 5.97 Å². The summed E-state index contributed by atoms with van der Waals surface area (Å²) in [6, 6.07) is 32.5. The quantitative estimate of drug-likeness (QED) is 0.245. The molecule has 0 fully saturated rings. The minimum absolute atomic E-state index is 0.0284. The van der Waals surface area contributed by atoms with Crippen LogP contribution in [-0.4, -0.2) is 23.1 Å². The molecule has 0 bridgehead atoms. The van der Waals surface area contributed by atoms with Crippen LogP contribution in [-0.2, 0) is 11.3 Å². The standard InChI is InChI=1S/C33H35NO3/c1-23-12-11-13-24(2)33(23)28-18-19-31(37-4)29(20-28)30(21-32(35)36)34(22-26-14-7-5-8-15-26)25(3)27-16-9-6-10-17-27/h5-20,25,30H,21-22H2,1-4H3,(H,35,36)/t25-,30+/m1/s1. The molecule has 190 valence electrons. The lowest BCUT2D eigenvalue weighted by Gasteiger charge is -2.37. The van der Waals surface area contributed by atoms with Gasteiger partial charge in [-0.25, -0.2) is 0 Å². The Morgan fingerprint density at radius 1 is 0.865 bits per heavy atom. The summed E-state index contributed by atoms with van der Waals surface area (Å²) in [6.07, 6.45) is -0.0451. The fourth-order valence-corrected chi connectivity index (χ4v) is 5.23. The number of ether oxygens (including phenoxy) is 1. The van der Waals surface area contributed by atoms with Crippen molar-refractivity contribution in [2.45, 2.75) is 45.8 Å².